The molecule has 0 amide bonds. The van der Waals surface area contributed by atoms with Gasteiger partial charge in [0.15, 0.2) is 5.16 Å². The Morgan fingerprint density at radius 1 is 1.14 bits per heavy atom. The van der Waals surface area contributed by atoms with Crippen molar-refractivity contribution in [2.24, 2.45) is 7.05 Å². The van der Waals surface area contributed by atoms with Crippen molar-refractivity contribution in [2.75, 3.05) is 0 Å². The molecule has 6 heteroatoms. The second kappa shape index (κ2) is 5.57. The number of benzene rings is 2. The third-order valence-electron chi connectivity index (χ3n) is 3.13. The van der Waals surface area contributed by atoms with E-state index in [1.165, 1.54) is 27.2 Å². The van der Waals surface area contributed by atoms with E-state index in [1.807, 2.05) is 12.1 Å². The minimum atomic E-state index is -0.755. The molecule has 1 N–H and O–H groups in total. The van der Waals surface area contributed by atoms with Gasteiger partial charge in [-0.2, -0.15) is 4.98 Å². The predicted molar refractivity (Wildman–Crippen MR) is 83.6 cm³/mol. The third kappa shape index (κ3) is 2.90. The minimum Gasteiger partial charge on any atom is -0.265 e. The average Bonchev–Trinajstić information content (AvgIpc) is 2.49. The molecule has 0 radical (unpaired) electrons. The first-order chi connectivity index (χ1) is 10.1. The molecule has 5 nitrogen and oxygen atoms in total. The lowest BCUT2D eigenvalue weighted by atomic mass is 10.1. The van der Waals surface area contributed by atoms with Gasteiger partial charge in [0.05, 0.1) is 0 Å². The maximum Gasteiger partial charge on any atom is 0.339 e. The molecule has 0 bridgehead atoms. The van der Waals surface area contributed by atoms with Crippen molar-refractivity contribution in [3.63, 3.8) is 0 Å². The van der Waals surface area contributed by atoms with Crippen LogP contribution < -0.4 is 11.1 Å². The van der Waals surface area contributed by atoms with E-state index < -0.39 is 11.1 Å². The second-order valence-corrected chi connectivity index (χ2v) is 5.61. The van der Waals surface area contributed by atoms with Gasteiger partial charge in [-0.05, 0) is 16.3 Å². The Bertz CT molecular complexity index is 914. The summed E-state index contributed by atoms with van der Waals surface area (Å²) >= 11 is 1.41. The van der Waals surface area contributed by atoms with Gasteiger partial charge < -0.3 is 0 Å². The molecule has 106 valence electrons. The first-order valence-corrected chi connectivity index (χ1v) is 7.40. The van der Waals surface area contributed by atoms with E-state index in [9.17, 15) is 9.59 Å². The largest absolute Gasteiger partial charge is 0.339 e. The van der Waals surface area contributed by atoms with E-state index in [4.69, 9.17) is 0 Å². The monoisotopic (exact) mass is 299 g/mol. The Kier molecular flexibility index (Phi) is 3.62. The molecule has 0 aliphatic heterocycles. The van der Waals surface area contributed by atoms with Crippen LogP contribution in [0, 0.1) is 0 Å². The van der Waals surface area contributed by atoms with Gasteiger partial charge in [-0.25, -0.2) is 0 Å². The van der Waals surface area contributed by atoms with Crippen LogP contribution in [0.15, 0.2) is 57.2 Å². The summed E-state index contributed by atoms with van der Waals surface area (Å²) in [4.78, 5) is 26.2. The third-order valence-corrected chi connectivity index (χ3v) is 4.23. The van der Waals surface area contributed by atoms with E-state index in [0.717, 1.165) is 5.56 Å². The summed E-state index contributed by atoms with van der Waals surface area (Å²) in [5.41, 5.74) is -0.319. The summed E-state index contributed by atoms with van der Waals surface area (Å²) in [6.07, 6.45) is 0. The Balaban J connectivity index is 1.85. The number of H-pyrrole nitrogens is 1. The summed E-state index contributed by atoms with van der Waals surface area (Å²) in [6.45, 7) is 0. The lowest BCUT2D eigenvalue weighted by Crippen LogP contribution is -2.33. The number of nitrogens with zero attached hydrogens (tertiary/aromatic N) is 2. The van der Waals surface area contributed by atoms with Crippen molar-refractivity contribution in [3.05, 3.63) is 68.7 Å². The number of aromatic nitrogens is 3. The topological polar surface area (TPSA) is 67.8 Å². The average molecular weight is 299 g/mol. The van der Waals surface area contributed by atoms with Crippen LogP contribution in [0.4, 0.5) is 0 Å². The van der Waals surface area contributed by atoms with Crippen LogP contribution in [0.25, 0.3) is 10.8 Å². The number of rotatable bonds is 3. The van der Waals surface area contributed by atoms with E-state index in [0.29, 0.717) is 10.9 Å². The fraction of sp³-hybridized carbons (Fsp3) is 0.133. The highest BCUT2D eigenvalue weighted by molar-refractivity contribution is 7.98. The van der Waals surface area contributed by atoms with Crippen LogP contribution >= 0.6 is 11.8 Å². The molecule has 0 unspecified atom stereocenters. The smallest absolute Gasteiger partial charge is 0.265 e. The zero-order chi connectivity index (χ0) is 14.8. The normalized spacial score (nSPS) is 10.9. The number of hydrogen-bond donors (Lipinski definition) is 1. The lowest BCUT2D eigenvalue weighted by molar-refractivity contribution is 0.596. The van der Waals surface area contributed by atoms with Gasteiger partial charge in [0, 0.05) is 12.8 Å². The lowest BCUT2D eigenvalue weighted by Gasteiger charge is -2.06. The van der Waals surface area contributed by atoms with Crippen molar-refractivity contribution in [1.29, 1.82) is 0 Å². The number of aryl methyl sites for hydroxylation is 1. The fourth-order valence-corrected chi connectivity index (χ4v) is 2.93. The van der Waals surface area contributed by atoms with Crippen molar-refractivity contribution < 1.29 is 0 Å². The molecule has 1 aromatic heterocycles. The zero-order valence-corrected chi connectivity index (χ0v) is 12.2. The SMILES string of the molecule is Cn1[nH]c(=O)c(=O)nc1SCc1ccc2ccccc2c1. The number of thioether (sulfide) groups is 1. The van der Waals surface area contributed by atoms with Crippen LogP contribution in [0.3, 0.4) is 0 Å². The van der Waals surface area contributed by atoms with Crippen LogP contribution in [-0.2, 0) is 12.8 Å². The summed E-state index contributed by atoms with van der Waals surface area (Å²) in [5, 5.41) is 5.31. The van der Waals surface area contributed by atoms with Gasteiger partial charge in [0.25, 0.3) is 0 Å². The molecular weight excluding hydrogens is 286 g/mol. The van der Waals surface area contributed by atoms with Crippen molar-refractivity contribution in [3.8, 4) is 0 Å². The van der Waals surface area contributed by atoms with Gasteiger partial charge in [0.1, 0.15) is 0 Å². The molecule has 2 aromatic carbocycles. The van der Waals surface area contributed by atoms with Gasteiger partial charge in [-0.1, -0.05) is 54.2 Å². The van der Waals surface area contributed by atoms with Crippen molar-refractivity contribution >= 4 is 22.5 Å². The van der Waals surface area contributed by atoms with Crippen LogP contribution in [0.1, 0.15) is 5.56 Å². The number of nitrogens with one attached hydrogen (secondary N) is 1. The molecule has 0 saturated heterocycles. The van der Waals surface area contributed by atoms with E-state index in [2.05, 4.69) is 40.4 Å². The molecule has 0 fully saturated rings. The molecule has 0 saturated carbocycles. The number of aromatic amines is 1. The molecule has 0 aliphatic carbocycles. The molecule has 0 atom stereocenters. The highest BCUT2D eigenvalue weighted by Crippen LogP contribution is 2.22. The Labute approximate surface area is 124 Å². The van der Waals surface area contributed by atoms with Crippen LogP contribution in [-0.4, -0.2) is 14.8 Å². The molecule has 21 heavy (non-hydrogen) atoms. The van der Waals surface area contributed by atoms with E-state index in [1.54, 1.807) is 7.05 Å². The maximum atomic E-state index is 11.3. The quantitative estimate of drug-likeness (QED) is 0.592. The molecule has 3 aromatic rings. The van der Waals surface area contributed by atoms with Gasteiger partial charge in [-0.15, -0.1) is 0 Å². The van der Waals surface area contributed by atoms with Crippen molar-refractivity contribution in [2.45, 2.75) is 10.9 Å². The Morgan fingerprint density at radius 3 is 2.71 bits per heavy atom. The van der Waals surface area contributed by atoms with Crippen LogP contribution in [0.5, 0.6) is 0 Å². The Hall–Kier alpha value is -2.34. The van der Waals surface area contributed by atoms with Gasteiger partial charge in [0.2, 0.25) is 0 Å². The molecular formula is C15H13N3O2S. The van der Waals surface area contributed by atoms with E-state index >= 15 is 0 Å². The van der Waals surface area contributed by atoms with E-state index in [-0.39, 0.29) is 0 Å². The van der Waals surface area contributed by atoms with Gasteiger partial charge >= 0.3 is 11.1 Å². The molecule has 0 spiro atoms. The first kappa shape index (κ1) is 13.6. The van der Waals surface area contributed by atoms with Crippen LogP contribution in [0.2, 0.25) is 0 Å². The predicted octanol–water partition coefficient (Wildman–Crippen LogP) is 1.91. The minimum absolute atomic E-state index is 0.493. The maximum absolute atomic E-state index is 11.3. The van der Waals surface area contributed by atoms with Crippen molar-refractivity contribution in [1.82, 2.24) is 14.8 Å². The Morgan fingerprint density at radius 2 is 1.90 bits per heavy atom. The molecule has 3 rings (SSSR count). The summed E-state index contributed by atoms with van der Waals surface area (Å²) < 4.78 is 1.47. The zero-order valence-electron chi connectivity index (χ0n) is 11.4. The number of fused-ring (bicyclic) bond motifs is 1. The summed E-state index contributed by atoms with van der Waals surface area (Å²) in [7, 11) is 1.66. The first-order valence-electron chi connectivity index (χ1n) is 6.41. The highest BCUT2D eigenvalue weighted by Gasteiger charge is 2.05. The highest BCUT2D eigenvalue weighted by atomic mass is 32.2. The standard InChI is InChI=1S/C15H13N3O2S/c1-18-15(16-13(19)14(20)17-18)21-9-10-6-7-11-4-2-3-5-12(11)8-10/h2-8H,9H2,1H3,(H,17,20). The molecule has 0 aliphatic rings. The number of hydrogen-bond acceptors (Lipinski definition) is 4. The fourth-order valence-electron chi connectivity index (χ4n) is 2.07. The summed E-state index contributed by atoms with van der Waals surface area (Å²) in [5.74, 6) is 0.678. The summed E-state index contributed by atoms with van der Waals surface area (Å²) in [6, 6.07) is 14.4. The van der Waals surface area contributed by atoms with Gasteiger partial charge in [-0.3, -0.25) is 19.4 Å². The second-order valence-electron chi connectivity index (χ2n) is 4.67. The molecule has 1 heterocycles.